The summed E-state index contributed by atoms with van der Waals surface area (Å²) in [6.45, 7) is 0.305. The van der Waals surface area contributed by atoms with Crippen LogP contribution in [0.15, 0.2) is 77.3 Å². The minimum absolute atomic E-state index is 0.0754. The molecule has 0 saturated heterocycles. The molecule has 188 valence electrons. The zero-order chi connectivity index (χ0) is 25.5. The fourth-order valence-electron chi connectivity index (χ4n) is 4.68. The molecule has 36 heavy (non-hydrogen) atoms. The Morgan fingerprint density at radius 2 is 1.67 bits per heavy atom. The summed E-state index contributed by atoms with van der Waals surface area (Å²) in [6.07, 6.45) is 4.68. The van der Waals surface area contributed by atoms with E-state index < -0.39 is 6.04 Å². The van der Waals surface area contributed by atoms with Gasteiger partial charge in [-0.25, -0.2) is 0 Å². The Labute approximate surface area is 231 Å². The Bertz CT molecular complexity index is 1200. The van der Waals surface area contributed by atoms with Crippen molar-refractivity contribution in [1.82, 2.24) is 10.2 Å². The molecule has 1 aliphatic carbocycles. The Balaban J connectivity index is 1.67. The van der Waals surface area contributed by atoms with Gasteiger partial charge in [-0.15, -0.1) is 0 Å². The monoisotopic (exact) mass is 586 g/mol. The number of nitrogens with one attached hydrogen (secondary N) is 1. The molecule has 0 radical (unpaired) electrons. The number of halogens is 3. The van der Waals surface area contributed by atoms with Gasteiger partial charge in [0.2, 0.25) is 11.8 Å². The average molecular weight is 588 g/mol. The van der Waals surface area contributed by atoms with Gasteiger partial charge < -0.3 is 10.2 Å². The van der Waals surface area contributed by atoms with Crippen molar-refractivity contribution in [1.29, 1.82) is 0 Å². The minimum atomic E-state index is -0.662. The van der Waals surface area contributed by atoms with E-state index in [1.165, 1.54) is 0 Å². The van der Waals surface area contributed by atoms with Gasteiger partial charge in [-0.05, 0) is 53.8 Å². The number of hydrogen-bond acceptors (Lipinski definition) is 2. The van der Waals surface area contributed by atoms with E-state index in [0.717, 1.165) is 41.3 Å². The van der Waals surface area contributed by atoms with Crippen molar-refractivity contribution in [2.24, 2.45) is 0 Å². The summed E-state index contributed by atoms with van der Waals surface area (Å²) in [5, 5.41) is 4.18. The first-order chi connectivity index (χ1) is 17.4. The van der Waals surface area contributed by atoms with Crippen LogP contribution in [0.25, 0.3) is 0 Å². The maximum absolute atomic E-state index is 13.9. The van der Waals surface area contributed by atoms with Crippen molar-refractivity contribution in [3.05, 3.63) is 104 Å². The first kappa shape index (κ1) is 26.7. The largest absolute Gasteiger partial charge is 0.352 e. The molecule has 0 aliphatic heterocycles. The molecule has 1 atom stereocenters. The van der Waals surface area contributed by atoms with Gasteiger partial charge in [0.25, 0.3) is 0 Å². The SMILES string of the molecule is O=C(NC1CCCC1)C(Cc1ccccc1)N(Cc1cccc(Br)c1)C(=O)Cc1ccc(Cl)cc1Cl. The molecule has 0 aromatic heterocycles. The molecule has 4 rings (SSSR count). The number of rotatable bonds is 9. The predicted molar refractivity (Wildman–Crippen MR) is 149 cm³/mol. The molecule has 0 heterocycles. The molecule has 0 bridgehead atoms. The van der Waals surface area contributed by atoms with Crippen LogP contribution in [0.5, 0.6) is 0 Å². The lowest BCUT2D eigenvalue weighted by atomic mass is 10.0. The fraction of sp³-hybridized carbons (Fsp3) is 0.310. The van der Waals surface area contributed by atoms with E-state index in [4.69, 9.17) is 23.2 Å². The highest BCUT2D eigenvalue weighted by molar-refractivity contribution is 9.10. The highest BCUT2D eigenvalue weighted by Crippen LogP contribution is 2.25. The van der Waals surface area contributed by atoms with Crippen molar-refractivity contribution in [2.75, 3.05) is 0 Å². The summed E-state index contributed by atoms with van der Waals surface area (Å²) in [7, 11) is 0. The van der Waals surface area contributed by atoms with E-state index >= 15 is 0 Å². The van der Waals surface area contributed by atoms with Crippen molar-refractivity contribution < 1.29 is 9.59 Å². The molecule has 3 aromatic rings. The standard InChI is InChI=1S/C29H29BrCl2N2O2/c30-23-10-6-9-21(15-23)19-34(28(35)17-22-13-14-24(31)18-26(22)32)27(16-20-7-2-1-3-8-20)29(36)33-25-11-4-5-12-25/h1-3,6-10,13-15,18,25,27H,4-5,11-12,16-17,19H2,(H,33,36). The average Bonchev–Trinajstić information content (AvgIpc) is 3.36. The Morgan fingerprint density at radius 1 is 0.944 bits per heavy atom. The summed E-state index contributed by atoms with van der Waals surface area (Å²) in [6, 6.07) is 22.3. The molecule has 1 saturated carbocycles. The Hall–Kier alpha value is -2.34. The third-order valence-corrected chi connectivity index (χ3v) is 7.65. The van der Waals surface area contributed by atoms with Crippen LogP contribution in [0.2, 0.25) is 10.0 Å². The normalized spacial score (nSPS) is 14.4. The molecule has 3 aromatic carbocycles. The molecule has 1 unspecified atom stereocenters. The van der Waals surface area contributed by atoms with Crippen LogP contribution in [-0.4, -0.2) is 28.8 Å². The quantitative estimate of drug-likeness (QED) is 0.293. The van der Waals surface area contributed by atoms with Gasteiger partial charge in [0.1, 0.15) is 6.04 Å². The van der Waals surface area contributed by atoms with E-state index in [1.807, 2.05) is 54.6 Å². The van der Waals surface area contributed by atoms with Crippen molar-refractivity contribution >= 4 is 50.9 Å². The van der Waals surface area contributed by atoms with Crippen molar-refractivity contribution in [3.63, 3.8) is 0 Å². The molecule has 4 nitrogen and oxygen atoms in total. The molecule has 1 fully saturated rings. The maximum Gasteiger partial charge on any atom is 0.243 e. The predicted octanol–water partition coefficient (Wildman–Crippen LogP) is 7.00. The number of carbonyl (C=O) groups excluding carboxylic acids is 2. The zero-order valence-electron chi connectivity index (χ0n) is 19.9. The summed E-state index contributed by atoms with van der Waals surface area (Å²) >= 11 is 16.0. The summed E-state index contributed by atoms with van der Waals surface area (Å²) < 4.78 is 0.920. The molecule has 7 heteroatoms. The number of hydrogen-bond donors (Lipinski definition) is 1. The molecule has 1 N–H and O–H groups in total. The first-order valence-electron chi connectivity index (χ1n) is 12.2. The van der Waals surface area contributed by atoms with Crippen molar-refractivity contribution in [3.8, 4) is 0 Å². The lowest BCUT2D eigenvalue weighted by Gasteiger charge is -2.32. The number of carbonyl (C=O) groups is 2. The fourth-order valence-corrected chi connectivity index (χ4v) is 5.60. The third kappa shape index (κ3) is 7.34. The van der Waals surface area contributed by atoms with Gasteiger partial charge in [-0.2, -0.15) is 0 Å². The first-order valence-corrected chi connectivity index (χ1v) is 13.8. The summed E-state index contributed by atoms with van der Waals surface area (Å²) in [4.78, 5) is 29.3. The van der Waals surface area contributed by atoms with Crippen LogP contribution >= 0.6 is 39.1 Å². The number of benzene rings is 3. The van der Waals surface area contributed by atoms with Crippen LogP contribution in [0.3, 0.4) is 0 Å². The highest BCUT2D eigenvalue weighted by Gasteiger charge is 2.32. The third-order valence-electron chi connectivity index (χ3n) is 6.57. The van der Waals surface area contributed by atoms with E-state index in [1.54, 1.807) is 23.1 Å². The molecular formula is C29H29BrCl2N2O2. The van der Waals surface area contributed by atoms with Crippen LogP contribution in [-0.2, 0) is 29.0 Å². The van der Waals surface area contributed by atoms with Gasteiger partial charge in [0.05, 0.1) is 6.42 Å². The second-order valence-electron chi connectivity index (χ2n) is 9.26. The van der Waals surface area contributed by atoms with E-state index in [9.17, 15) is 9.59 Å². The smallest absolute Gasteiger partial charge is 0.243 e. The molecule has 1 aliphatic rings. The van der Waals surface area contributed by atoms with Gasteiger partial charge in [-0.3, -0.25) is 9.59 Å². The van der Waals surface area contributed by atoms with Crippen LogP contribution < -0.4 is 5.32 Å². The second kappa shape index (κ2) is 12.8. The molecule has 0 spiro atoms. The summed E-state index contributed by atoms with van der Waals surface area (Å²) in [5.74, 6) is -0.280. The van der Waals surface area contributed by atoms with Crippen LogP contribution in [0.1, 0.15) is 42.4 Å². The number of amides is 2. The minimum Gasteiger partial charge on any atom is -0.352 e. The van der Waals surface area contributed by atoms with Crippen LogP contribution in [0.4, 0.5) is 0 Å². The van der Waals surface area contributed by atoms with Crippen LogP contribution in [0, 0.1) is 0 Å². The zero-order valence-corrected chi connectivity index (χ0v) is 23.0. The van der Waals surface area contributed by atoms with E-state index in [-0.39, 0.29) is 24.3 Å². The van der Waals surface area contributed by atoms with Crippen molar-refractivity contribution in [2.45, 2.75) is 57.2 Å². The maximum atomic E-state index is 13.9. The highest BCUT2D eigenvalue weighted by atomic mass is 79.9. The molecular weight excluding hydrogens is 559 g/mol. The van der Waals surface area contributed by atoms with Gasteiger partial charge in [-0.1, -0.05) is 101 Å². The number of nitrogens with zero attached hydrogens (tertiary/aromatic N) is 1. The van der Waals surface area contributed by atoms with Gasteiger partial charge in [0.15, 0.2) is 0 Å². The lowest BCUT2D eigenvalue weighted by Crippen LogP contribution is -2.52. The topological polar surface area (TPSA) is 49.4 Å². The second-order valence-corrected chi connectivity index (χ2v) is 11.0. The lowest BCUT2D eigenvalue weighted by molar-refractivity contribution is -0.141. The summed E-state index contributed by atoms with van der Waals surface area (Å²) in [5.41, 5.74) is 2.62. The Kier molecular flexibility index (Phi) is 9.47. The molecule has 2 amide bonds. The Morgan fingerprint density at radius 3 is 2.36 bits per heavy atom. The van der Waals surface area contributed by atoms with E-state index in [2.05, 4.69) is 21.2 Å². The van der Waals surface area contributed by atoms with E-state index in [0.29, 0.717) is 28.6 Å². The van der Waals surface area contributed by atoms with Gasteiger partial charge in [0, 0.05) is 33.5 Å². The van der Waals surface area contributed by atoms with Gasteiger partial charge >= 0.3 is 0 Å².